The number of amides is 1. The van der Waals surface area contributed by atoms with Crippen molar-refractivity contribution in [2.75, 3.05) is 69.7 Å². The lowest BCUT2D eigenvalue weighted by Crippen LogP contribution is -2.44. The van der Waals surface area contributed by atoms with Gasteiger partial charge in [0.2, 0.25) is 10.0 Å². The molecule has 0 saturated carbocycles. The zero-order valence-corrected chi connectivity index (χ0v) is 19.4. The number of sulfonamides is 1. The number of nitrogens with one attached hydrogen (secondary N) is 1. The molecule has 2 aliphatic heterocycles. The molecule has 0 unspecified atom stereocenters. The molecule has 2 aromatic carbocycles. The van der Waals surface area contributed by atoms with Gasteiger partial charge in [-0.2, -0.15) is 4.31 Å². The first-order valence-corrected chi connectivity index (χ1v) is 12.3. The second-order valence-corrected chi connectivity index (χ2v) is 10.2. The van der Waals surface area contributed by atoms with Gasteiger partial charge in [0.15, 0.2) is 0 Å². The van der Waals surface area contributed by atoms with Crippen LogP contribution in [0, 0.1) is 6.92 Å². The Morgan fingerprint density at radius 1 is 0.938 bits per heavy atom. The number of aryl methyl sites for hydroxylation is 1. The minimum absolute atomic E-state index is 0.164. The topological polar surface area (TPSA) is 82.2 Å². The second-order valence-electron chi connectivity index (χ2n) is 8.29. The predicted molar refractivity (Wildman–Crippen MR) is 125 cm³/mol. The molecule has 1 amide bonds. The monoisotopic (exact) mass is 458 g/mol. The van der Waals surface area contributed by atoms with E-state index in [1.807, 2.05) is 24.3 Å². The third-order valence-corrected chi connectivity index (χ3v) is 8.07. The van der Waals surface area contributed by atoms with Crippen LogP contribution in [0.2, 0.25) is 0 Å². The molecule has 0 radical (unpaired) electrons. The highest BCUT2D eigenvalue weighted by Gasteiger charge is 2.28. The van der Waals surface area contributed by atoms with Crippen LogP contribution in [0.4, 0.5) is 11.4 Å². The summed E-state index contributed by atoms with van der Waals surface area (Å²) in [6.07, 6.45) is 0. The fourth-order valence-electron chi connectivity index (χ4n) is 3.97. The average Bonchev–Trinajstić information content (AvgIpc) is 2.81. The Bertz CT molecular complexity index is 1060. The predicted octanol–water partition coefficient (Wildman–Crippen LogP) is 2.02. The summed E-state index contributed by atoms with van der Waals surface area (Å²) in [7, 11) is -1.56. The number of hydrogen-bond donors (Lipinski definition) is 1. The molecule has 1 N–H and O–H groups in total. The van der Waals surface area contributed by atoms with Gasteiger partial charge < -0.3 is 19.9 Å². The van der Waals surface area contributed by atoms with Crippen LogP contribution >= 0.6 is 0 Å². The summed E-state index contributed by atoms with van der Waals surface area (Å²) in [6.45, 7) is 7.15. The molecule has 32 heavy (non-hydrogen) atoms. The lowest BCUT2D eigenvalue weighted by atomic mass is 10.1. The van der Waals surface area contributed by atoms with E-state index in [2.05, 4.69) is 22.2 Å². The number of rotatable bonds is 5. The molecule has 2 aliphatic rings. The summed E-state index contributed by atoms with van der Waals surface area (Å²) in [4.78, 5) is 17.6. The highest BCUT2D eigenvalue weighted by molar-refractivity contribution is 7.89. The summed E-state index contributed by atoms with van der Waals surface area (Å²) < 4.78 is 32.8. The maximum Gasteiger partial charge on any atom is 0.255 e. The van der Waals surface area contributed by atoms with E-state index in [4.69, 9.17) is 4.74 Å². The number of carbonyl (C=O) groups is 1. The van der Waals surface area contributed by atoms with Gasteiger partial charge in [0.05, 0.1) is 18.1 Å². The van der Waals surface area contributed by atoms with Gasteiger partial charge in [0.1, 0.15) is 0 Å². The van der Waals surface area contributed by atoms with Gasteiger partial charge in [-0.3, -0.25) is 4.79 Å². The highest BCUT2D eigenvalue weighted by Crippen LogP contribution is 2.24. The van der Waals surface area contributed by atoms with E-state index >= 15 is 0 Å². The maximum absolute atomic E-state index is 13.1. The highest BCUT2D eigenvalue weighted by atomic mass is 32.2. The van der Waals surface area contributed by atoms with E-state index in [1.165, 1.54) is 10.4 Å². The van der Waals surface area contributed by atoms with Gasteiger partial charge in [-0.15, -0.1) is 0 Å². The number of benzene rings is 2. The molecule has 0 aromatic heterocycles. The fourth-order valence-corrected chi connectivity index (χ4v) is 5.63. The summed E-state index contributed by atoms with van der Waals surface area (Å²) in [6, 6.07) is 12.6. The Kier molecular flexibility index (Phi) is 6.80. The van der Waals surface area contributed by atoms with Crippen molar-refractivity contribution in [1.29, 1.82) is 0 Å². The first kappa shape index (κ1) is 22.7. The molecule has 0 aliphatic carbocycles. The average molecular weight is 459 g/mol. The molecule has 4 rings (SSSR count). The van der Waals surface area contributed by atoms with Gasteiger partial charge in [-0.25, -0.2) is 8.42 Å². The quantitative estimate of drug-likeness (QED) is 0.738. The molecule has 2 aromatic rings. The molecule has 0 spiro atoms. The molecule has 0 atom stereocenters. The van der Waals surface area contributed by atoms with Crippen molar-refractivity contribution < 1.29 is 17.9 Å². The van der Waals surface area contributed by atoms with E-state index in [1.54, 1.807) is 19.1 Å². The number of hydrogen-bond acceptors (Lipinski definition) is 6. The van der Waals surface area contributed by atoms with Gasteiger partial charge in [-0.1, -0.05) is 6.07 Å². The van der Waals surface area contributed by atoms with Crippen LogP contribution in [0.3, 0.4) is 0 Å². The van der Waals surface area contributed by atoms with Gasteiger partial charge >= 0.3 is 0 Å². The summed E-state index contributed by atoms with van der Waals surface area (Å²) >= 11 is 0. The second kappa shape index (κ2) is 9.58. The van der Waals surface area contributed by atoms with Crippen molar-refractivity contribution >= 4 is 27.3 Å². The number of likely N-dealkylation sites (N-methyl/N-ethyl adjacent to an activating group) is 1. The smallest absolute Gasteiger partial charge is 0.255 e. The van der Waals surface area contributed by atoms with Crippen LogP contribution in [0.5, 0.6) is 0 Å². The molecule has 2 fully saturated rings. The zero-order valence-electron chi connectivity index (χ0n) is 18.6. The minimum atomic E-state index is -3.68. The van der Waals surface area contributed by atoms with Crippen molar-refractivity contribution in [2.24, 2.45) is 0 Å². The number of carbonyl (C=O) groups excluding carboxylic acids is 1. The Morgan fingerprint density at radius 3 is 2.25 bits per heavy atom. The van der Waals surface area contributed by atoms with E-state index in [0.717, 1.165) is 31.9 Å². The minimum Gasteiger partial charge on any atom is -0.379 e. The molecule has 8 nitrogen and oxygen atoms in total. The SMILES string of the molecule is Cc1ccc(C(=O)Nc2ccc(N3CCN(C)CC3)cc2)cc1S(=O)(=O)N1CCOCC1. The lowest BCUT2D eigenvalue weighted by Gasteiger charge is -2.34. The van der Waals surface area contributed by atoms with Crippen molar-refractivity contribution in [1.82, 2.24) is 9.21 Å². The van der Waals surface area contributed by atoms with Gasteiger partial charge in [-0.05, 0) is 55.9 Å². The van der Waals surface area contributed by atoms with Gasteiger partial charge in [0.25, 0.3) is 5.91 Å². The first-order valence-electron chi connectivity index (χ1n) is 10.9. The van der Waals surface area contributed by atoms with Crippen LogP contribution in [0.15, 0.2) is 47.4 Å². The van der Waals surface area contributed by atoms with E-state index < -0.39 is 10.0 Å². The molecule has 172 valence electrons. The normalized spacial score (nSPS) is 18.5. The number of morpholine rings is 1. The van der Waals surface area contributed by atoms with E-state index in [0.29, 0.717) is 43.1 Å². The Balaban J connectivity index is 1.47. The van der Waals surface area contributed by atoms with Gasteiger partial charge in [0, 0.05) is 56.2 Å². The number of ether oxygens (including phenoxy) is 1. The number of piperazine rings is 1. The van der Waals surface area contributed by atoms with Crippen molar-refractivity contribution in [3.8, 4) is 0 Å². The standard InChI is InChI=1S/C23H30N4O4S/c1-18-3-4-19(17-22(18)32(29,30)27-13-15-31-16-14-27)23(28)24-20-5-7-21(8-6-20)26-11-9-25(2)10-12-26/h3-8,17H,9-16H2,1-2H3,(H,24,28). The molecule has 2 heterocycles. The Hall–Kier alpha value is -2.46. The largest absolute Gasteiger partial charge is 0.379 e. The molecule has 0 bridgehead atoms. The summed E-state index contributed by atoms with van der Waals surface area (Å²) in [5, 5.41) is 2.88. The molecular formula is C23H30N4O4S. The zero-order chi connectivity index (χ0) is 22.7. The van der Waals surface area contributed by atoms with Crippen molar-refractivity contribution in [3.63, 3.8) is 0 Å². The summed E-state index contributed by atoms with van der Waals surface area (Å²) in [5.74, 6) is -0.337. The van der Waals surface area contributed by atoms with Crippen molar-refractivity contribution in [2.45, 2.75) is 11.8 Å². The number of nitrogens with zero attached hydrogens (tertiary/aromatic N) is 3. The van der Waals surface area contributed by atoms with Crippen LogP contribution in [-0.2, 0) is 14.8 Å². The molecule has 2 saturated heterocycles. The Labute approximate surface area is 189 Å². The van der Waals surface area contributed by atoms with Crippen LogP contribution in [0.1, 0.15) is 15.9 Å². The third-order valence-electron chi connectivity index (χ3n) is 6.03. The van der Waals surface area contributed by atoms with E-state index in [-0.39, 0.29) is 10.8 Å². The lowest BCUT2D eigenvalue weighted by molar-refractivity contribution is 0.0730. The first-order chi connectivity index (χ1) is 15.3. The molecular weight excluding hydrogens is 428 g/mol. The molecule has 9 heteroatoms. The summed E-state index contributed by atoms with van der Waals surface area (Å²) in [5.41, 5.74) is 2.73. The van der Waals surface area contributed by atoms with Crippen LogP contribution in [-0.4, -0.2) is 83.1 Å². The van der Waals surface area contributed by atoms with Crippen molar-refractivity contribution in [3.05, 3.63) is 53.6 Å². The van der Waals surface area contributed by atoms with Crippen LogP contribution in [0.25, 0.3) is 0 Å². The number of anilines is 2. The Morgan fingerprint density at radius 2 is 1.59 bits per heavy atom. The van der Waals surface area contributed by atoms with Crippen LogP contribution < -0.4 is 10.2 Å². The fraction of sp³-hybridized carbons (Fsp3) is 0.435. The van der Waals surface area contributed by atoms with E-state index in [9.17, 15) is 13.2 Å². The third kappa shape index (κ3) is 4.96. The maximum atomic E-state index is 13.1.